The molecule has 6 nitrogen and oxygen atoms in total. The summed E-state index contributed by atoms with van der Waals surface area (Å²) in [5, 5.41) is 23.1. The largest absolute Gasteiger partial charge is 0.283 e. The maximum Gasteiger partial charge on any atom is 0.283 e. The Morgan fingerprint density at radius 1 is 0.600 bits per heavy atom. The van der Waals surface area contributed by atoms with Gasteiger partial charge in [0.05, 0.1) is 27.0 Å². The van der Waals surface area contributed by atoms with Gasteiger partial charge in [-0.15, -0.1) is 0 Å². The van der Waals surface area contributed by atoms with Crippen LogP contribution in [0.5, 0.6) is 0 Å². The van der Waals surface area contributed by atoms with Gasteiger partial charge in [-0.25, -0.2) is 0 Å². The monoisotopic (exact) mass is 528 g/mol. The lowest BCUT2D eigenvalue weighted by Gasteiger charge is -2.04. The lowest BCUT2D eigenvalue weighted by molar-refractivity contribution is -0.394. The highest BCUT2D eigenvalue weighted by atomic mass is 79.9. The average Bonchev–Trinajstić information content (AvgIpc) is 2.72. The van der Waals surface area contributed by atoms with Crippen molar-refractivity contribution < 1.29 is 9.85 Å². The summed E-state index contributed by atoms with van der Waals surface area (Å²) in [7, 11) is 0. The standard InChI is InChI=1S/C22H14Br2N2O4/c23-19-7-3-1-5-15(19)9-11-17-13-18(12-10-16-6-2-4-8-20(16)24)22(26(29)30)14-21(17)25(27)28/h1-14H/b11-9-,12-10-. The van der Waals surface area contributed by atoms with Crippen molar-refractivity contribution in [3.05, 3.63) is 112 Å². The molecular weight excluding hydrogens is 516 g/mol. The first-order chi connectivity index (χ1) is 14.4. The highest BCUT2D eigenvalue weighted by Crippen LogP contribution is 2.32. The van der Waals surface area contributed by atoms with Crippen molar-refractivity contribution in [2.45, 2.75) is 0 Å². The summed E-state index contributed by atoms with van der Waals surface area (Å²) in [6.07, 6.45) is 6.61. The molecule has 0 saturated carbocycles. The topological polar surface area (TPSA) is 86.3 Å². The Morgan fingerprint density at radius 3 is 1.33 bits per heavy atom. The Morgan fingerprint density at radius 2 is 0.967 bits per heavy atom. The molecule has 0 bridgehead atoms. The molecule has 0 unspecified atom stereocenters. The van der Waals surface area contributed by atoms with Crippen molar-refractivity contribution in [3.8, 4) is 0 Å². The summed E-state index contributed by atoms with van der Waals surface area (Å²) >= 11 is 6.86. The number of hydrogen-bond acceptors (Lipinski definition) is 4. The van der Waals surface area contributed by atoms with Crippen molar-refractivity contribution in [1.82, 2.24) is 0 Å². The van der Waals surface area contributed by atoms with Gasteiger partial charge in [0.25, 0.3) is 11.4 Å². The number of nitrogens with zero attached hydrogens (tertiary/aromatic N) is 2. The summed E-state index contributed by atoms with van der Waals surface area (Å²) in [5.74, 6) is 0. The first-order valence-electron chi connectivity index (χ1n) is 8.69. The highest BCUT2D eigenvalue weighted by Gasteiger charge is 2.22. The van der Waals surface area contributed by atoms with Gasteiger partial charge in [-0.3, -0.25) is 20.2 Å². The molecule has 0 spiro atoms. The smallest absolute Gasteiger partial charge is 0.258 e. The van der Waals surface area contributed by atoms with E-state index >= 15 is 0 Å². The van der Waals surface area contributed by atoms with Crippen LogP contribution in [0.25, 0.3) is 24.3 Å². The zero-order chi connectivity index (χ0) is 21.7. The van der Waals surface area contributed by atoms with Crippen LogP contribution in [-0.2, 0) is 0 Å². The zero-order valence-electron chi connectivity index (χ0n) is 15.4. The summed E-state index contributed by atoms with van der Waals surface area (Å²) in [6, 6.07) is 17.3. The molecule has 0 amide bonds. The predicted molar refractivity (Wildman–Crippen MR) is 126 cm³/mol. The third kappa shape index (κ3) is 5.08. The fourth-order valence-electron chi connectivity index (χ4n) is 2.77. The number of hydrogen-bond donors (Lipinski definition) is 0. The van der Waals surface area contributed by atoms with Gasteiger partial charge in [-0.2, -0.15) is 0 Å². The second-order valence-electron chi connectivity index (χ2n) is 6.19. The molecule has 8 heteroatoms. The van der Waals surface area contributed by atoms with Gasteiger partial charge in [0.2, 0.25) is 0 Å². The predicted octanol–water partition coefficient (Wildman–Crippen LogP) is 7.37. The molecule has 0 radical (unpaired) electrons. The number of nitro groups is 2. The summed E-state index contributed by atoms with van der Waals surface area (Å²) in [4.78, 5) is 21.8. The molecule has 0 saturated heterocycles. The molecule has 3 aromatic carbocycles. The van der Waals surface area contributed by atoms with E-state index in [4.69, 9.17) is 0 Å². The third-order valence-electron chi connectivity index (χ3n) is 4.26. The Bertz CT molecular complexity index is 1100. The summed E-state index contributed by atoms with van der Waals surface area (Å²) in [6.45, 7) is 0. The van der Waals surface area contributed by atoms with E-state index in [1.807, 2.05) is 48.5 Å². The van der Waals surface area contributed by atoms with Gasteiger partial charge in [0.1, 0.15) is 0 Å². The first-order valence-corrected chi connectivity index (χ1v) is 10.3. The minimum Gasteiger partial charge on any atom is -0.258 e. The Kier molecular flexibility index (Phi) is 6.91. The minimum atomic E-state index is -0.617. The molecule has 3 rings (SSSR count). The van der Waals surface area contributed by atoms with Crippen LogP contribution in [0, 0.1) is 20.2 Å². The molecule has 3 aromatic rings. The van der Waals surface area contributed by atoms with E-state index in [-0.39, 0.29) is 22.5 Å². The minimum absolute atomic E-state index is 0.271. The number of rotatable bonds is 6. The zero-order valence-corrected chi connectivity index (χ0v) is 18.5. The molecule has 150 valence electrons. The van der Waals surface area contributed by atoms with Crippen LogP contribution in [0.2, 0.25) is 0 Å². The lowest BCUT2D eigenvalue weighted by atomic mass is 10.0. The van der Waals surface area contributed by atoms with E-state index < -0.39 is 9.85 Å². The van der Waals surface area contributed by atoms with Crippen molar-refractivity contribution in [2.24, 2.45) is 0 Å². The average molecular weight is 530 g/mol. The molecule has 0 aliphatic carbocycles. The lowest BCUT2D eigenvalue weighted by Crippen LogP contribution is -1.98. The molecular formula is C22H14Br2N2O4. The van der Waals surface area contributed by atoms with Crippen molar-refractivity contribution >= 4 is 67.5 Å². The van der Waals surface area contributed by atoms with Gasteiger partial charge in [0, 0.05) is 8.95 Å². The van der Waals surface area contributed by atoms with Crippen LogP contribution in [0.4, 0.5) is 11.4 Å². The van der Waals surface area contributed by atoms with E-state index in [0.29, 0.717) is 0 Å². The van der Waals surface area contributed by atoms with E-state index in [1.54, 1.807) is 24.3 Å². The second-order valence-corrected chi connectivity index (χ2v) is 7.90. The van der Waals surface area contributed by atoms with Crippen LogP contribution in [0.1, 0.15) is 22.3 Å². The fourth-order valence-corrected chi connectivity index (χ4v) is 3.61. The first kappa shape index (κ1) is 21.6. The normalized spacial score (nSPS) is 11.3. The molecule has 0 aliphatic heterocycles. The molecule has 30 heavy (non-hydrogen) atoms. The van der Waals surface area contributed by atoms with E-state index in [1.165, 1.54) is 6.07 Å². The van der Waals surface area contributed by atoms with Crippen LogP contribution in [-0.4, -0.2) is 9.85 Å². The second kappa shape index (κ2) is 9.60. The number of benzene rings is 3. The Labute approximate surface area is 189 Å². The SMILES string of the molecule is O=[N+]([O-])c1cc([N+](=O)[O-])c(/C=C\c2ccccc2Br)cc1/C=C\c1ccccc1Br. The van der Waals surface area contributed by atoms with E-state index in [9.17, 15) is 20.2 Å². The number of halogens is 2. The van der Waals surface area contributed by atoms with E-state index in [0.717, 1.165) is 26.1 Å². The molecule has 0 aliphatic rings. The van der Waals surface area contributed by atoms with Crippen molar-refractivity contribution in [3.63, 3.8) is 0 Å². The maximum atomic E-state index is 11.5. The summed E-state index contributed by atoms with van der Waals surface area (Å²) in [5.41, 5.74) is 1.54. The van der Waals surface area contributed by atoms with Gasteiger partial charge in [0.15, 0.2) is 0 Å². The van der Waals surface area contributed by atoms with Gasteiger partial charge >= 0.3 is 0 Å². The van der Waals surface area contributed by atoms with Gasteiger partial charge < -0.3 is 0 Å². The van der Waals surface area contributed by atoms with Crippen molar-refractivity contribution in [1.29, 1.82) is 0 Å². The summed E-state index contributed by atoms with van der Waals surface area (Å²) < 4.78 is 1.67. The van der Waals surface area contributed by atoms with Crippen LogP contribution in [0.15, 0.2) is 69.6 Å². The Hall–Kier alpha value is -3.10. The fraction of sp³-hybridized carbons (Fsp3) is 0. The molecule has 0 aromatic heterocycles. The van der Waals surface area contributed by atoms with Crippen LogP contribution >= 0.6 is 31.9 Å². The molecule has 0 heterocycles. The highest BCUT2D eigenvalue weighted by molar-refractivity contribution is 9.10. The maximum absolute atomic E-state index is 11.5. The quantitative estimate of drug-likeness (QED) is 0.189. The molecule has 0 atom stereocenters. The van der Waals surface area contributed by atoms with Crippen LogP contribution < -0.4 is 0 Å². The van der Waals surface area contributed by atoms with Crippen molar-refractivity contribution in [2.75, 3.05) is 0 Å². The Balaban J connectivity index is 2.11. The van der Waals surface area contributed by atoms with E-state index in [2.05, 4.69) is 31.9 Å². The van der Waals surface area contributed by atoms with Gasteiger partial charge in [-0.05, 0) is 41.5 Å². The van der Waals surface area contributed by atoms with Crippen LogP contribution in [0.3, 0.4) is 0 Å². The number of nitro benzene ring substituents is 2. The third-order valence-corrected chi connectivity index (χ3v) is 5.71. The van der Waals surface area contributed by atoms with Gasteiger partial charge in [-0.1, -0.05) is 80.4 Å². The molecule has 0 fully saturated rings. The molecule has 0 N–H and O–H groups in total.